The molecule has 0 bridgehead atoms. The molecule has 6 heteroatoms. The molecule has 2 aromatic rings. The summed E-state index contributed by atoms with van der Waals surface area (Å²) in [5.74, 6) is 0.685. The molecule has 0 spiro atoms. The molecule has 1 heterocycles. The molecule has 100 valence electrons. The summed E-state index contributed by atoms with van der Waals surface area (Å²) in [4.78, 5) is 0.327. The lowest BCUT2D eigenvalue weighted by molar-refractivity contribution is 0.290. The molecule has 0 saturated heterocycles. The van der Waals surface area contributed by atoms with Gasteiger partial charge in [0.15, 0.2) is 0 Å². The number of rotatable bonds is 5. The van der Waals surface area contributed by atoms with Crippen LogP contribution in [0.4, 0.5) is 0 Å². The number of nitrogens with two attached hydrogens (primary N) is 1. The molecule has 0 saturated carbocycles. The second kappa shape index (κ2) is 6.04. The third kappa shape index (κ3) is 3.45. The summed E-state index contributed by atoms with van der Waals surface area (Å²) in [6.45, 7) is 2.94. The van der Waals surface area contributed by atoms with Gasteiger partial charge >= 0.3 is 0 Å². The molecule has 0 aliphatic rings. The summed E-state index contributed by atoms with van der Waals surface area (Å²) >= 11 is 10.9. The highest BCUT2D eigenvalue weighted by molar-refractivity contribution is 7.80. The Morgan fingerprint density at radius 1 is 1.47 bits per heavy atom. The van der Waals surface area contributed by atoms with Crippen molar-refractivity contribution in [2.75, 3.05) is 6.61 Å². The number of halogens is 1. The van der Waals surface area contributed by atoms with Gasteiger partial charge in [-0.25, -0.2) is 0 Å². The predicted molar refractivity (Wildman–Crippen MR) is 79.8 cm³/mol. The topological polar surface area (TPSA) is 53.1 Å². The molecule has 2 N–H and O–H groups in total. The first kappa shape index (κ1) is 13.8. The summed E-state index contributed by atoms with van der Waals surface area (Å²) in [6.07, 6.45) is 1.78. The van der Waals surface area contributed by atoms with Crippen LogP contribution in [0.1, 0.15) is 11.3 Å². The lowest BCUT2D eigenvalue weighted by atomic mass is 10.2. The van der Waals surface area contributed by atoms with Crippen LogP contribution in [0.25, 0.3) is 0 Å². The third-order valence-electron chi connectivity index (χ3n) is 2.62. The van der Waals surface area contributed by atoms with Gasteiger partial charge in [-0.15, -0.1) is 0 Å². The minimum absolute atomic E-state index is 0.327. The average molecular weight is 296 g/mol. The van der Waals surface area contributed by atoms with Crippen LogP contribution in [0.3, 0.4) is 0 Å². The molecule has 0 unspecified atom stereocenters. The molecule has 0 amide bonds. The van der Waals surface area contributed by atoms with Crippen LogP contribution in [0, 0.1) is 6.92 Å². The number of para-hydroxylation sites is 1. The van der Waals surface area contributed by atoms with Crippen molar-refractivity contribution >= 4 is 28.8 Å². The number of nitrogens with zero attached hydrogens (tertiary/aromatic N) is 2. The van der Waals surface area contributed by atoms with E-state index in [4.69, 9.17) is 34.3 Å². The summed E-state index contributed by atoms with van der Waals surface area (Å²) in [5.41, 5.74) is 7.19. The Hall–Kier alpha value is -1.59. The zero-order chi connectivity index (χ0) is 13.8. The van der Waals surface area contributed by atoms with Gasteiger partial charge in [0, 0.05) is 6.20 Å². The van der Waals surface area contributed by atoms with Crippen LogP contribution < -0.4 is 10.5 Å². The van der Waals surface area contributed by atoms with Gasteiger partial charge in [-0.1, -0.05) is 36.0 Å². The number of thiocarbonyl (C=S) groups is 1. The first-order valence-electron chi connectivity index (χ1n) is 5.79. The van der Waals surface area contributed by atoms with E-state index in [1.807, 2.05) is 31.2 Å². The molecule has 0 aliphatic heterocycles. The van der Waals surface area contributed by atoms with Crippen LogP contribution in [-0.4, -0.2) is 21.4 Å². The number of ether oxygens (including phenoxy) is 1. The van der Waals surface area contributed by atoms with Gasteiger partial charge in [0.05, 0.1) is 22.8 Å². The first-order valence-corrected chi connectivity index (χ1v) is 6.57. The fourth-order valence-electron chi connectivity index (χ4n) is 1.65. The number of aryl methyl sites for hydroxylation is 1. The molecule has 4 nitrogen and oxygen atoms in total. The van der Waals surface area contributed by atoms with Gasteiger partial charge in [-0.2, -0.15) is 5.10 Å². The molecular formula is C13H14ClN3OS. The third-order valence-corrected chi connectivity index (χ3v) is 3.21. The van der Waals surface area contributed by atoms with Crippen LogP contribution in [0.15, 0.2) is 30.5 Å². The van der Waals surface area contributed by atoms with E-state index >= 15 is 0 Å². The predicted octanol–water partition coefficient (Wildman–Crippen LogP) is 2.56. The van der Waals surface area contributed by atoms with Crippen molar-refractivity contribution in [1.29, 1.82) is 0 Å². The minimum atomic E-state index is 0.327. The Labute approximate surface area is 122 Å². The maximum absolute atomic E-state index is 5.93. The highest BCUT2D eigenvalue weighted by atomic mass is 35.5. The Morgan fingerprint density at radius 2 is 2.21 bits per heavy atom. The Morgan fingerprint density at radius 3 is 2.84 bits per heavy atom. The molecule has 0 atom stereocenters. The van der Waals surface area contributed by atoms with E-state index in [1.54, 1.807) is 10.9 Å². The molecule has 0 radical (unpaired) electrons. The van der Waals surface area contributed by atoms with E-state index in [2.05, 4.69) is 5.10 Å². The molecule has 1 aromatic carbocycles. The monoisotopic (exact) mass is 295 g/mol. The number of benzene rings is 1. The number of aromatic nitrogens is 2. The van der Waals surface area contributed by atoms with Crippen molar-refractivity contribution in [3.05, 3.63) is 46.7 Å². The second-order valence-corrected chi connectivity index (χ2v) is 4.88. The summed E-state index contributed by atoms with van der Waals surface area (Å²) < 4.78 is 7.43. The van der Waals surface area contributed by atoms with Crippen molar-refractivity contribution in [3.8, 4) is 5.75 Å². The van der Waals surface area contributed by atoms with Gasteiger partial charge in [0.1, 0.15) is 17.3 Å². The SMILES string of the molecule is Cc1nn(CCOc2ccccc2C(N)=S)cc1Cl. The van der Waals surface area contributed by atoms with Gasteiger partial charge in [-0.3, -0.25) is 4.68 Å². The normalized spacial score (nSPS) is 10.4. The standard InChI is InChI=1S/C13H14ClN3OS/c1-9-11(14)8-17(16-9)6-7-18-12-5-3-2-4-10(12)13(15)19/h2-5,8H,6-7H2,1H3,(H2,15,19). The zero-order valence-electron chi connectivity index (χ0n) is 10.5. The highest BCUT2D eigenvalue weighted by Gasteiger charge is 2.06. The maximum Gasteiger partial charge on any atom is 0.129 e. The molecular weight excluding hydrogens is 282 g/mol. The lowest BCUT2D eigenvalue weighted by Crippen LogP contribution is -2.14. The Kier molecular flexibility index (Phi) is 4.39. The smallest absolute Gasteiger partial charge is 0.129 e. The van der Waals surface area contributed by atoms with Crippen molar-refractivity contribution < 1.29 is 4.74 Å². The van der Waals surface area contributed by atoms with E-state index in [0.29, 0.717) is 28.9 Å². The van der Waals surface area contributed by atoms with Gasteiger partial charge in [0.25, 0.3) is 0 Å². The molecule has 19 heavy (non-hydrogen) atoms. The molecule has 1 aromatic heterocycles. The van der Waals surface area contributed by atoms with Crippen molar-refractivity contribution in [2.45, 2.75) is 13.5 Å². The summed E-state index contributed by atoms with van der Waals surface area (Å²) in [6, 6.07) is 7.44. The van der Waals surface area contributed by atoms with Crippen LogP contribution in [-0.2, 0) is 6.54 Å². The van der Waals surface area contributed by atoms with Crippen LogP contribution >= 0.6 is 23.8 Å². The Balaban J connectivity index is 1.98. The zero-order valence-corrected chi connectivity index (χ0v) is 12.0. The van der Waals surface area contributed by atoms with Crippen LogP contribution in [0.5, 0.6) is 5.75 Å². The Bertz CT molecular complexity index is 578. The van der Waals surface area contributed by atoms with E-state index in [-0.39, 0.29) is 0 Å². The molecule has 0 fully saturated rings. The van der Waals surface area contributed by atoms with Crippen molar-refractivity contribution in [2.24, 2.45) is 5.73 Å². The fourth-order valence-corrected chi connectivity index (χ4v) is 1.97. The second-order valence-electron chi connectivity index (χ2n) is 4.03. The summed E-state index contributed by atoms with van der Waals surface area (Å²) in [5, 5.41) is 4.91. The quantitative estimate of drug-likeness (QED) is 0.861. The minimum Gasteiger partial charge on any atom is -0.491 e. The number of hydrogen-bond acceptors (Lipinski definition) is 3. The maximum atomic E-state index is 5.93. The summed E-state index contributed by atoms with van der Waals surface area (Å²) in [7, 11) is 0. The van der Waals surface area contributed by atoms with Crippen molar-refractivity contribution in [3.63, 3.8) is 0 Å². The van der Waals surface area contributed by atoms with Crippen LogP contribution in [0.2, 0.25) is 5.02 Å². The average Bonchev–Trinajstić information content (AvgIpc) is 2.69. The van der Waals surface area contributed by atoms with E-state index < -0.39 is 0 Å². The largest absolute Gasteiger partial charge is 0.491 e. The van der Waals surface area contributed by atoms with Gasteiger partial charge in [0.2, 0.25) is 0 Å². The van der Waals surface area contributed by atoms with E-state index in [0.717, 1.165) is 11.3 Å². The van der Waals surface area contributed by atoms with Gasteiger partial charge in [-0.05, 0) is 19.1 Å². The van der Waals surface area contributed by atoms with Gasteiger partial charge < -0.3 is 10.5 Å². The molecule has 2 rings (SSSR count). The van der Waals surface area contributed by atoms with E-state index in [9.17, 15) is 0 Å². The lowest BCUT2D eigenvalue weighted by Gasteiger charge is -2.10. The fraction of sp³-hybridized carbons (Fsp3) is 0.231. The van der Waals surface area contributed by atoms with E-state index in [1.165, 1.54) is 0 Å². The highest BCUT2D eigenvalue weighted by Crippen LogP contribution is 2.18. The first-order chi connectivity index (χ1) is 9.08. The van der Waals surface area contributed by atoms with Crippen molar-refractivity contribution in [1.82, 2.24) is 9.78 Å². The number of hydrogen-bond donors (Lipinski definition) is 1. The molecule has 0 aliphatic carbocycles.